The minimum Gasteiger partial charge on any atom is -0.396 e. The lowest BCUT2D eigenvalue weighted by Gasteiger charge is -2.24. The number of aliphatic hydroxyl groups is 2. The van der Waals surface area contributed by atoms with E-state index < -0.39 is 17.2 Å². The van der Waals surface area contributed by atoms with E-state index in [9.17, 15) is 13.2 Å². The third kappa shape index (κ3) is 4.81. The number of hydrogen-bond acceptors (Lipinski definition) is 3. The normalized spacial score (nSPS) is 12.7. The standard InChI is InChI=1S/C13H18F3NO2/c1-12(8-18,9-19)7-17-6-10-3-2-4-11(5-10)13(14,15)16/h2-5,17-19H,6-9H2,1H3. The van der Waals surface area contributed by atoms with Crippen molar-refractivity contribution in [1.29, 1.82) is 0 Å². The van der Waals surface area contributed by atoms with Gasteiger partial charge in [0.2, 0.25) is 0 Å². The van der Waals surface area contributed by atoms with Crippen LogP contribution >= 0.6 is 0 Å². The van der Waals surface area contributed by atoms with Crippen LogP contribution in [-0.2, 0) is 12.7 Å². The molecular weight excluding hydrogens is 259 g/mol. The van der Waals surface area contributed by atoms with Gasteiger partial charge in [0.1, 0.15) is 0 Å². The molecule has 108 valence electrons. The molecule has 0 unspecified atom stereocenters. The van der Waals surface area contributed by atoms with Crippen molar-refractivity contribution < 1.29 is 23.4 Å². The molecule has 0 aromatic heterocycles. The van der Waals surface area contributed by atoms with Crippen molar-refractivity contribution in [1.82, 2.24) is 5.32 Å². The van der Waals surface area contributed by atoms with Crippen LogP contribution < -0.4 is 5.32 Å². The summed E-state index contributed by atoms with van der Waals surface area (Å²) in [5.41, 5.74) is -0.853. The number of halogens is 3. The summed E-state index contributed by atoms with van der Waals surface area (Å²) < 4.78 is 37.5. The van der Waals surface area contributed by atoms with E-state index in [1.54, 1.807) is 13.0 Å². The molecule has 0 spiro atoms. The highest BCUT2D eigenvalue weighted by molar-refractivity contribution is 5.25. The fourth-order valence-electron chi connectivity index (χ4n) is 1.53. The summed E-state index contributed by atoms with van der Waals surface area (Å²) in [6.07, 6.45) is -4.35. The topological polar surface area (TPSA) is 52.5 Å². The average Bonchev–Trinajstić information content (AvgIpc) is 2.38. The van der Waals surface area contributed by atoms with Crippen molar-refractivity contribution in [2.45, 2.75) is 19.6 Å². The molecule has 1 rings (SSSR count). The van der Waals surface area contributed by atoms with Crippen molar-refractivity contribution in [3.05, 3.63) is 35.4 Å². The maximum Gasteiger partial charge on any atom is 0.416 e. The number of alkyl halides is 3. The van der Waals surface area contributed by atoms with E-state index in [1.165, 1.54) is 6.07 Å². The summed E-state index contributed by atoms with van der Waals surface area (Å²) in [6.45, 7) is 1.86. The van der Waals surface area contributed by atoms with Gasteiger partial charge in [0.05, 0.1) is 18.8 Å². The van der Waals surface area contributed by atoms with Gasteiger partial charge in [-0.15, -0.1) is 0 Å². The Balaban J connectivity index is 2.59. The van der Waals surface area contributed by atoms with E-state index in [1.807, 2.05) is 0 Å². The Bertz CT molecular complexity index is 403. The van der Waals surface area contributed by atoms with E-state index in [-0.39, 0.29) is 19.8 Å². The quantitative estimate of drug-likeness (QED) is 0.743. The lowest BCUT2D eigenvalue weighted by Crippen LogP contribution is -2.37. The third-order valence-corrected chi connectivity index (χ3v) is 2.90. The van der Waals surface area contributed by atoms with E-state index in [2.05, 4.69) is 5.32 Å². The molecule has 0 aliphatic rings. The molecular formula is C13H18F3NO2. The Morgan fingerprint density at radius 1 is 1.16 bits per heavy atom. The van der Waals surface area contributed by atoms with Crippen LogP contribution in [0.2, 0.25) is 0 Å². The summed E-state index contributed by atoms with van der Waals surface area (Å²) in [7, 11) is 0. The van der Waals surface area contributed by atoms with Crippen LogP contribution in [0.15, 0.2) is 24.3 Å². The second-order valence-corrected chi connectivity index (χ2v) is 4.93. The Morgan fingerprint density at radius 3 is 2.32 bits per heavy atom. The highest BCUT2D eigenvalue weighted by Gasteiger charge is 2.30. The minimum atomic E-state index is -4.35. The zero-order valence-corrected chi connectivity index (χ0v) is 10.7. The van der Waals surface area contributed by atoms with Gasteiger partial charge in [-0.05, 0) is 11.6 Å². The molecule has 0 fully saturated rings. The van der Waals surface area contributed by atoms with E-state index in [0.29, 0.717) is 12.1 Å². The van der Waals surface area contributed by atoms with Gasteiger partial charge < -0.3 is 15.5 Å². The first-order valence-corrected chi connectivity index (χ1v) is 5.89. The number of aliphatic hydroxyl groups excluding tert-OH is 2. The van der Waals surface area contributed by atoms with Gasteiger partial charge >= 0.3 is 6.18 Å². The molecule has 0 aliphatic heterocycles. The first-order valence-electron chi connectivity index (χ1n) is 5.89. The zero-order chi connectivity index (χ0) is 14.5. The summed E-state index contributed by atoms with van der Waals surface area (Å²) in [5.74, 6) is 0. The third-order valence-electron chi connectivity index (χ3n) is 2.90. The number of benzene rings is 1. The molecule has 3 nitrogen and oxygen atoms in total. The summed E-state index contributed by atoms with van der Waals surface area (Å²) in [5, 5.41) is 21.1. The molecule has 6 heteroatoms. The highest BCUT2D eigenvalue weighted by atomic mass is 19.4. The number of rotatable bonds is 6. The van der Waals surface area contributed by atoms with E-state index in [4.69, 9.17) is 10.2 Å². The molecule has 0 bridgehead atoms. The summed E-state index contributed by atoms with van der Waals surface area (Å²) in [4.78, 5) is 0. The highest BCUT2D eigenvalue weighted by Crippen LogP contribution is 2.29. The van der Waals surface area contributed by atoms with Crippen LogP contribution in [-0.4, -0.2) is 30.0 Å². The van der Waals surface area contributed by atoms with Crippen LogP contribution in [0.5, 0.6) is 0 Å². The van der Waals surface area contributed by atoms with Gasteiger partial charge in [0.15, 0.2) is 0 Å². The number of hydrogen-bond donors (Lipinski definition) is 3. The van der Waals surface area contributed by atoms with Gasteiger partial charge in [-0.3, -0.25) is 0 Å². The lowest BCUT2D eigenvalue weighted by atomic mass is 9.93. The van der Waals surface area contributed by atoms with Crippen LogP contribution in [0.3, 0.4) is 0 Å². The summed E-state index contributed by atoms with van der Waals surface area (Å²) >= 11 is 0. The Hall–Kier alpha value is -1.11. The van der Waals surface area contributed by atoms with Crippen molar-refractivity contribution >= 4 is 0 Å². The molecule has 0 saturated carbocycles. The van der Waals surface area contributed by atoms with Crippen LogP contribution in [0.25, 0.3) is 0 Å². The van der Waals surface area contributed by atoms with Crippen LogP contribution in [0.4, 0.5) is 13.2 Å². The molecule has 3 N–H and O–H groups in total. The van der Waals surface area contributed by atoms with E-state index in [0.717, 1.165) is 12.1 Å². The molecule has 0 atom stereocenters. The minimum absolute atomic E-state index is 0.195. The maximum absolute atomic E-state index is 12.5. The molecule has 0 radical (unpaired) electrons. The Labute approximate surface area is 110 Å². The Kier molecular flexibility index (Phi) is 5.34. The van der Waals surface area contributed by atoms with Gasteiger partial charge in [-0.25, -0.2) is 0 Å². The van der Waals surface area contributed by atoms with Gasteiger partial charge in [-0.2, -0.15) is 13.2 Å². The predicted molar refractivity (Wildman–Crippen MR) is 65.4 cm³/mol. The largest absolute Gasteiger partial charge is 0.416 e. The maximum atomic E-state index is 12.5. The van der Waals surface area contributed by atoms with Crippen LogP contribution in [0.1, 0.15) is 18.1 Å². The summed E-state index contributed by atoms with van der Waals surface area (Å²) in [6, 6.07) is 5.06. The Morgan fingerprint density at radius 2 is 1.79 bits per heavy atom. The van der Waals surface area contributed by atoms with Gasteiger partial charge in [-0.1, -0.05) is 25.1 Å². The fraction of sp³-hybridized carbons (Fsp3) is 0.538. The van der Waals surface area contributed by atoms with Crippen LogP contribution in [0, 0.1) is 5.41 Å². The first kappa shape index (κ1) is 15.9. The SMILES string of the molecule is CC(CO)(CO)CNCc1cccc(C(F)(F)F)c1. The molecule has 19 heavy (non-hydrogen) atoms. The first-order chi connectivity index (χ1) is 8.80. The smallest absolute Gasteiger partial charge is 0.396 e. The molecule has 0 heterocycles. The van der Waals surface area contributed by atoms with Gasteiger partial charge in [0.25, 0.3) is 0 Å². The molecule has 0 amide bonds. The monoisotopic (exact) mass is 277 g/mol. The average molecular weight is 277 g/mol. The molecule has 1 aromatic carbocycles. The molecule has 0 saturated heterocycles. The van der Waals surface area contributed by atoms with Crippen molar-refractivity contribution in [3.8, 4) is 0 Å². The number of nitrogens with one attached hydrogen (secondary N) is 1. The second-order valence-electron chi connectivity index (χ2n) is 4.93. The van der Waals surface area contributed by atoms with Crippen molar-refractivity contribution in [2.24, 2.45) is 5.41 Å². The van der Waals surface area contributed by atoms with Gasteiger partial charge in [0, 0.05) is 18.5 Å². The van der Waals surface area contributed by atoms with Crippen molar-refractivity contribution in [2.75, 3.05) is 19.8 Å². The lowest BCUT2D eigenvalue weighted by molar-refractivity contribution is -0.137. The fourth-order valence-corrected chi connectivity index (χ4v) is 1.53. The zero-order valence-electron chi connectivity index (χ0n) is 10.7. The second kappa shape index (κ2) is 6.36. The molecule has 1 aromatic rings. The molecule has 0 aliphatic carbocycles. The van der Waals surface area contributed by atoms with E-state index >= 15 is 0 Å². The predicted octanol–water partition coefficient (Wildman–Crippen LogP) is 1.79. The van der Waals surface area contributed by atoms with Crippen molar-refractivity contribution in [3.63, 3.8) is 0 Å².